The van der Waals surface area contributed by atoms with Crippen LogP contribution in [0.1, 0.15) is 12.0 Å². The van der Waals surface area contributed by atoms with Crippen LogP contribution in [-0.4, -0.2) is 39.7 Å². The van der Waals surface area contributed by atoms with E-state index in [1.807, 2.05) is 6.07 Å². The second-order valence-electron chi connectivity index (χ2n) is 6.05. The predicted octanol–water partition coefficient (Wildman–Crippen LogP) is 2.64. The third kappa shape index (κ3) is 3.59. The van der Waals surface area contributed by atoms with E-state index < -0.39 is 5.92 Å². The summed E-state index contributed by atoms with van der Waals surface area (Å²) in [6.07, 6.45) is 0.0791. The molecule has 0 spiro atoms. The number of nitrogens with one attached hydrogen (secondary N) is 1. The number of benzene rings is 1. The van der Waals surface area contributed by atoms with Crippen LogP contribution in [0.5, 0.6) is 17.2 Å². The van der Waals surface area contributed by atoms with Crippen LogP contribution in [-0.2, 0) is 9.59 Å². The van der Waals surface area contributed by atoms with Crippen molar-refractivity contribution >= 4 is 33.8 Å². The van der Waals surface area contributed by atoms with Gasteiger partial charge in [-0.15, -0.1) is 11.3 Å². The van der Waals surface area contributed by atoms with Gasteiger partial charge in [-0.25, -0.2) is 0 Å². The number of anilines is 2. The van der Waals surface area contributed by atoms with E-state index in [1.54, 1.807) is 23.6 Å². The number of nitriles is 1. The summed E-state index contributed by atoms with van der Waals surface area (Å²) in [5.74, 6) is 0.282. The van der Waals surface area contributed by atoms with E-state index in [1.165, 1.54) is 37.6 Å². The van der Waals surface area contributed by atoms with Gasteiger partial charge in [-0.1, -0.05) is 0 Å². The van der Waals surface area contributed by atoms with E-state index in [0.29, 0.717) is 33.5 Å². The van der Waals surface area contributed by atoms with Gasteiger partial charge < -0.3 is 24.4 Å². The van der Waals surface area contributed by atoms with E-state index >= 15 is 0 Å². The number of carbonyl (C=O) groups excluding carboxylic acids is 2. The average molecular weight is 401 g/mol. The van der Waals surface area contributed by atoms with E-state index in [4.69, 9.17) is 19.5 Å². The van der Waals surface area contributed by atoms with Crippen LogP contribution in [0.3, 0.4) is 0 Å². The van der Waals surface area contributed by atoms with Crippen LogP contribution < -0.4 is 24.4 Å². The fraction of sp³-hybridized carbons (Fsp3) is 0.316. The summed E-state index contributed by atoms with van der Waals surface area (Å²) in [5, 5.41) is 14.0. The second-order valence-corrected chi connectivity index (χ2v) is 6.97. The number of methoxy groups -OCH3 is 3. The quantitative estimate of drug-likeness (QED) is 0.799. The standard InChI is InChI=1S/C19H19N3O5S/c1-25-14-7-13(8-15(26-2)17(14)27-3)22-10-12(6-16(22)23)18(24)21-19-11(9-20)4-5-28-19/h4-5,7-8,12H,6,10H2,1-3H3,(H,21,24)/t12-/m1/s1. The minimum atomic E-state index is -0.528. The van der Waals surface area contributed by atoms with E-state index in [-0.39, 0.29) is 24.8 Å². The SMILES string of the molecule is COc1cc(N2C[C@H](C(=O)Nc3sccc3C#N)CC2=O)cc(OC)c1OC. The number of rotatable bonds is 6. The molecule has 1 aliphatic rings. The highest BCUT2D eigenvalue weighted by molar-refractivity contribution is 7.14. The van der Waals surface area contributed by atoms with Gasteiger partial charge in [-0.2, -0.15) is 5.26 Å². The number of hydrogen-bond donors (Lipinski definition) is 1. The van der Waals surface area contributed by atoms with Crippen molar-refractivity contribution in [2.45, 2.75) is 6.42 Å². The largest absolute Gasteiger partial charge is 0.493 e. The van der Waals surface area contributed by atoms with Crippen molar-refractivity contribution in [2.24, 2.45) is 5.92 Å². The Morgan fingerprint density at radius 3 is 2.50 bits per heavy atom. The van der Waals surface area contributed by atoms with Gasteiger partial charge in [0.2, 0.25) is 17.6 Å². The summed E-state index contributed by atoms with van der Waals surface area (Å²) in [5.41, 5.74) is 0.966. The Kier molecular flexibility index (Phi) is 5.70. The Labute approximate surface area is 166 Å². The van der Waals surface area contributed by atoms with Gasteiger partial charge >= 0.3 is 0 Å². The molecule has 1 aromatic carbocycles. The number of nitrogens with zero attached hydrogens (tertiary/aromatic N) is 2. The molecule has 0 saturated carbocycles. The lowest BCUT2D eigenvalue weighted by Crippen LogP contribution is -2.28. The van der Waals surface area contributed by atoms with Crippen LogP contribution in [0, 0.1) is 17.2 Å². The van der Waals surface area contributed by atoms with Gasteiger partial charge in [0.1, 0.15) is 11.1 Å². The number of hydrogen-bond acceptors (Lipinski definition) is 7. The van der Waals surface area contributed by atoms with Gasteiger partial charge in [0.05, 0.1) is 38.5 Å². The minimum absolute atomic E-state index is 0.0791. The van der Waals surface area contributed by atoms with Crippen molar-refractivity contribution in [1.82, 2.24) is 0 Å². The zero-order valence-corrected chi connectivity index (χ0v) is 16.5. The maximum absolute atomic E-state index is 12.6. The Balaban J connectivity index is 1.81. The Hall–Kier alpha value is -3.25. The maximum Gasteiger partial charge on any atom is 0.230 e. The van der Waals surface area contributed by atoms with E-state index in [0.717, 1.165) is 0 Å². The first-order valence-corrected chi connectivity index (χ1v) is 9.29. The summed E-state index contributed by atoms with van der Waals surface area (Å²) in [4.78, 5) is 26.7. The fourth-order valence-electron chi connectivity index (χ4n) is 3.06. The fourth-order valence-corrected chi connectivity index (χ4v) is 3.80. The summed E-state index contributed by atoms with van der Waals surface area (Å²) in [6, 6.07) is 7.02. The maximum atomic E-state index is 12.6. The molecule has 28 heavy (non-hydrogen) atoms. The molecule has 0 aliphatic carbocycles. The van der Waals surface area contributed by atoms with Gasteiger partial charge in [0.15, 0.2) is 11.5 Å². The van der Waals surface area contributed by atoms with E-state index in [2.05, 4.69) is 5.32 Å². The molecule has 9 heteroatoms. The van der Waals surface area contributed by atoms with Gasteiger partial charge in [-0.3, -0.25) is 9.59 Å². The van der Waals surface area contributed by atoms with E-state index in [9.17, 15) is 9.59 Å². The molecule has 2 amide bonds. The number of thiophene rings is 1. The Morgan fingerprint density at radius 2 is 1.93 bits per heavy atom. The number of ether oxygens (including phenoxy) is 3. The lowest BCUT2D eigenvalue weighted by Gasteiger charge is -2.20. The highest BCUT2D eigenvalue weighted by atomic mass is 32.1. The molecule has 1 N–H and O–H groups in total. The minimum Gasteiger partial charge on any atom is -0.493 e. The molecule has 1 atom stereocenters. The highest BCUT2D eigenvalue weighted by Crippen LogP contribution is 2.42. The molecule has 1 fully saturated rings. The molecule has 146 valence electrons. The molecule has 0 bridgehead atoms. The molecular weight excluding hydrogens is 382 g/mol. The van der Waals surface area contributed by atoms with Gasteiger partial charge in [0, 0.05) is 25.1 Å². The summed E-state index contributed by atoms with van der Waals surface area (Å²) in [7, 11) is 4.50. The van der Waals surface area contributed by atoms with Crippen LogP contribution in [0.2, 0.25) is 0 Å². The number of amides is 2. The molecule has 8 nitrogen and oxygen atoms in total. The third-order valence-corrected chi connectivity index (χ3v) is 5.31. The van der Waals surface area contributed by atoms with Gasteiger partial charge in [0.25, 0.3) is 0 Å². The topological polar surface area (TPSA) is 101 Å². The Bertz CT molecular complexity index is 924. The van der Waals surface area contributed by atoms with Crippen molar-refractivity contribution < 1.29 is 23.8 Å². The molecule has 3 rings (SSSR count). The summed E-state index contributed by atoms with van der Waals surface area (Å²) >= 11 is 1.27. The molecule has 0 unspecified atom stereocenters. The predicted molar refractivity (Wildman–Crippen MR) is 104 cm³/mol. The molecule has 2 aromatic rings. The molecule has 1 saturated heterocycles. The van der Waals surface area contributed by atoms with Crippen LogP contribution in [0.4, 0.5) is 10.7 Å². The zero-order valence-electron chi connectivity index (χ0n) is 15.6. The third-order valence-electron chi connectivity index (χ3n) is 4.48. The Morgan fingerprint density at radius 1 is 1.25 bits per heavy atom. The average Bonchev–Trinajstić information content (AvgIpc) is 3.32. The number of carbonyl (C=O) groups is 2. The van der Waals surface area contributed by atoms with Crippen molar-refractivity contribution in [3.8, 4) is 23.3 Å². The summed E-state index contributed by atoms with van der Waals surface area (Å²) in [6.45, 7) is 0.219. The highest BCUT2D eigenvalue weighted by Gasteiger charge is 2.36. The van der Waals surface area contributed by atoms with Crippen molar-refractivity contribution in [3.05, 3.63) is 29.1 Å². The van der Waals surface area contributed by atoms with Crippen LogP contribution in [0.15, 0.2) is 23.6 Å². The first-order chi connectivity index (χ1) is 13.5. The molecule has 2 heterocycles. The second kappa shape index (κ2) is 8.19. The van der Waals surface area contributed by atoms with Crippen molar-refractivity contribution in [2.75, 3.05) is 38.1 Å². The van der Waals surface area contributed by atoms with Crippen LogP contribution >= 0.6 is 11.3 Å². The normalized spacial score (nSPS) is 15.9. The lowest BCUT2D eigenvalue weighted by atomic mass is 10.1. The van der Waals surface area contributed by atoms with Crippen LogP contribution in [0.25, 0.3) is 0 Å². The smallest absolute Gasteiger partial charge is 0.230 e. The molecule has 1 aliphatic heterocycles. The van der Waals surface area contributed by atoms with Crippen molar-refractivity contribution in [3.63, 3.8) is 0 Å². The monoisotopic (exact) mass is 401 g/mol. The van der Waals surface area contributed by atoms with Crippen molar-refractivity contribution in [1.29, 1.82) is 5.26 Å². The van der Waals surface area contributed by atoms with Gasteiger partial charge in [-0.05, 0) is 11.4 Å². The first-order valence-electron chi connectivity index (χ1n) is 8.41. The lowest BCUT2D eigenvalue weighted by molar-refractivity contribution is -0.122. The molecular formula is C19H19N3O5S. The zero-order chi connectivity index (χ0) is 20.3. The molecule has 0 radical (unpaired) electrons. The molecule has 1 aromatic heterocycles. The first kappa shape index (κ1) is 19.5. The summed E-state index contributed by atoms with van der Waals surface area (Å²) < 4.78 is 16.0.